The second kappa shape index (κ2) is 7.93. The Morgan fingerprint density at radius 3 is 2.67 bits per heavy atom. The molecule has 8 heteroatoms. The van der Waals surface area contributed by atoms with Crippen LogP contribution in [0, 0.1) is 0 Å². The van der Waals surface area contributed by atoms with Crippen molar-refractivity contribution < 1.29 is 18.3 Å². The zero-order valence-corrected chi connectivity index (χ0v) is 12.1. The number of carboxylic acid groups (broad SMARTS) is 1. The molecule has 1 unspecified atom stereocenters. The first-order valence-electron chi connectivity index (χ1n) is 5.79. The van der Waals surface area contributed by atoms with E-state index in [1.807, 2.05) is 0 Å². The van der Waals surface area contributed by atoms with Crippen molar-refractivity contribution in [2.45, 2.75) is 31.7 Å². The molecule has 0 aromatic carbocycles. The van der Waals surface area contributed by atoms with Crippen molar-refractivity contribution in [3.8, 4) is 0 Å². The summed E-state index contributed by atoms with van der Waals surface area (Å²) >= 11 is 0. The third-order valence-electron chi connectivity index (χ3n) is 2.94. The van der Waals surface area contributed by atoms with Gasteiger partial charge in [-0.2, -0.15) is 0 Å². The smallest absolute Gasteiger partial charge is 0.304 e. The molecule has 0 aromatic heterocycles. The Morgan fingerprint density at radius 2 is 2.11 bits per heavy atom. The van der Waals surface area contributed by atoms with E-state index in [0.29, 0.717) is 13.1 Å². The van der Waals surface area contributed by atoms with Gasteiger partial charge in [0, 0.05) is 19.1 Å². The number of likely N-dealkylation sites (tertiary alicyclic amines) is 1. The first-order chi connectivity index (χ1) is 7.88. The van der Waals surface area contributed by atoms with Crippen LogP contribution < -0.4 is 4.72 Å². The van der Waals surface area contributed by atoms with Gasteiger partial charge in [0.25, 0.3) is 0 Å². The van der Waals surface area contributed by atoms with E-state index in [4.69, 9.17) is 5.11 Å². The maximum Gasteiger partial charge on any atom is 0.304 e. The number of rotatable bonds is 6. The highest BCUT2D eigenvalue weighted by Crippen LogP contribution is 2.16. The largest absolute Gasteiger partial charge is 0.481 e. The highest BCUT2D eigenvalue weighted by atomic mass is 35.5. The normalized spacial score (nSPS) is 21.3. The summed E-state index contributed by atoms with van der Waals surface area (Å²) in [4.78, 5) is 12.6. The number of sulfonamides is 1. The molecule has 0 aliphatic carbocycles. The highest BCUT2D eigenvalue weighted by molar-refractivity contribution is 7.88. The highest BCUT2D eigenvalue weighted by Gasteiger charge is 2.23. The number of hydrogen-bond donors (Lipinski definition) is 2. The molecule has 1 heterocycles. The van der Waals surface area contributed by atoms with Crippen LogP contribution in [0.2, 0.25) is 0 Å². The number of carbonyl (C=O) groups is 1. The van der Waals surface area contributed by atoms with Crippen molar-refractivity contribution in [3.63, 3.8) is 0 Å². The number of piperidine rings is 1. The lowest BCUT2D eigenvalue weighted by atomic mass is 10.0. The summed E-state index contributed by atoms with van der Waals surface area (Å²) in [5.41, 5.74) is 0. The number of carboxylic acids is 1. The van der Waals surface area contributed by atoms with Gasteiger partial charge in [-0.1, -0.05) is 6.42 Å². The zero-order valence-electron chi connectivity index (χ0n) is 10.5. The Morgan fingerprint density at radius 1 is 1.44 bits per heavy atom. The van der Waals surface area contributed by atoms with Crippen molar-refractivity contribution in [2.75, 3.05) is 25.9 Å². The minimum Gasteiger partial charge on any atom is -0.481 e. The van der Waals surface area contributed by atoms with Crippen LogP contribution in [-0.4, -0.2) is 56.3 Å². The second-order valence-electron chi connectivity index (χ2n) is 4.45. The van der Waals surface area contributed by atoms with Gasteiger partial charge in [0.05, 0.1) is 12.7 Å². The fraction of sp³-hybridized carbons (Fsp3) is 0.900. The molecule has 0 aromatic rings. The fourth-order valence-electron chi connectivity index (χ4n) is 2.07. The lowest BCUT2D eigenvalue weighted by Crippen LogP contribution is -2.47. The van der Waals surface area contributed by atoms with E-state index in [1.54, 1.807) is 0 Å². The summed E-state index contributed by atoms with van der Waals surface area (Å²) in [6.07, 6.45) is 4.28. The van der Waals surface area contributed by atoms with E-state index in [-0.39, 0.29) is 24.9 Å². The SMILES string of the molecule is CS(=O)(=O)NCC1CCCCN1CCC(=O)O.Cl. The number of hydrogen-bond acceptors (Lipinski definition) is 4. The van der Waals surface area contributed by atoms with Crippen LogP contribution in [0.25, 0.3) is 0 Å². The molecule has 6 nitrogen and oxygen atoms in total. The lowest BCUT2D eigenvalue weighted by molar-refractivity contribution is -0.137. The summed E-state index contributed by atoms with van der Waals surface area (Å²) in [5.74, 6) is -0.814. The Bertz CT molecular complexity index is 361. The summed E-state index contributed by atoms with van der Waals surface area (Å²) in [5, 5.41) is 8.65. The Hall–Kier alpha value is -0.370. The minimum atomic E-state index is -3.17. The quantitative estimate of drug-likeness (QED) is 0.736. The molecule has 0 bridgehead atoms. The van der Waals surface area contributed by atoms with Crippen LogP contribution >= 0.6 is 12.4 Å². The molecule has 18 heavy (non-hydrogen) atoms. The fourth-order valence-corrected chi connectivity index (χ4v) is 2.57. The molecular weight excluding hydrogens is 280 g/mol. The van der Waals surface area contributed by atoms with Crippen LogP contribution in [0.15, 0.2) is 0 Å². The van der Waals surface area contributed by atoms with Crippen LogP contribution in [0.4, 0.5) is 0 Å². The van der Waals surface area contributed by atoms with Gasteiger partial charge < -0.3 is 5.11 Å². The number of nitrogens with zero attached hydrogens (tertiary/aromatic N) is 1. The van der Waals surface area contributed by atoms with E-state index in [9.17, 15) is 13.2 Å². The van der Waals surface area contributed by atoms with Crippen molar-refractivity contribution in [2.24, 2.45) is 0 Å². The summed E-state index contributed by atoms with van der Waals surface area (Å²) in [6.45, 7) is 1.72. The maximum absolute atomic E-state index is 11.0. The van der Waals surface area contributed by atoms with Gasteiger partial charge in [-0.3, -0.25) is 9.69 Å². The maximum atomic E-state index is 11.0. The monoisotopic (exact) mass is 300 g/mol. The Labute approximate surface area is 114 Å². The molecule has 1 fully saturated rings. The molecule has 0 saturated carbocycles. The molecule has 1 aliphatic rings. The van der Waals surface area contributed by atoms with Crippen LogP contribution in [-0.2, 0) is 14.8 Å². The van der Waals surface area contributed by atoms with E-state index >= 15 is 0 Å². The average Bonchev–Trinajstić information content (AvgIpc) is 2.23. The van der Waals surface area contributed by atoms with Crippen molar-refractivity contribution in [3.05, 3.63) is 0 Å². The Kier molecular flexibility index (Phi) is 7.77. The van der Waals surface area contributed by atoms with Crippen molar-refractivity contribution in [1.29, 1.82) is 0 Å². The summed E-state index contributed by atoms with van der Waals surface area (Å²) in [6, 6.07) is 0.123. The molecule has 108 valence electrons. The van der Waals surface area contributed by atoms with Gasteiger partial charge in [0.1, 0.15) is 0 Å². The molecule has 0 spiro atoms. The van der Waals surface area contributed by atoms with Gasteiger partial charge in [0.2, 0.25) is 10.0 Å². The number of aliphatic carboxylic acids is 1. The lowest BCUT2D eigenvalue weighted by Gasteiger charge is -2.35. The molecule has 0 amide bonds. The minimum absolute atomic E-state index is 0. The first-order valence-corrected chi connectivity index (χ1v) is 7.68. The summed E-state index contributed by atoms with van der Waals surface area (Å²) < 4.78 is 24.5. The third-order valence-corrected chi connectivity index (χ3v) is 3.63. The Balaban J connectivity index is 0.00000289. The van der Waals surface area contributed by atoms with Gasteiger partial charge in [-0.15, -0.1) is 12.4 Å². The molecule has 1 aliphatic heterocycles. The van der Waals surface area contributed by atoms with E-state index < -0.39 is 16.0 Å². The van der Waals surface area contributed by atoms with Crippen molar-refractivity contribution >= 4 is 28.4 Å². The van der Waals surface area contributed by atoms with Gasteiger partial charge in [-0.25, -0.2) is 13.1 Å². The average molecular weight is 301 g/mol. The van der Waals surface area contributed by atoms with Crippen molar-refractivity contribution in [1.82, 2.24) is 9.62 Å². The van der Waals surface area contributed by atoms with Crippen LogP contribution in [0.3, 0.4) is 0 Å². The predicted molar refractivity (Wildman–Crippen MR) is 71.6 cm³/mol. The van der Waals surface area contributed by atoms with E-state index in [1.165, 1.54) is 0 Å². The molecule has 0 radical (unpaired) electrons. The third kappa shape index (κ3) is 7.15. The standard InChI is InChI=1S/C10H20N2O4S.ClH/c1-17(15,16)11-8-9-4-2-3-6-12(9)7-5-10(13)14;/h9,11H,2-8H2,1H3,(H,13,14);1H. The molecule has 1 atom stereocenters. The number of nitrogens with one attached hydrogen (secondary N) is 1. The van der Waals surface area contributed by atoms with Gasteiger partial charge in [-0.05, 0) is 19.4 Å². The molecule has 1 rings (SSSR count). The van der Waals surface area contributed by atoms with E-state index in [2.05, 4.69) is 9.62 Å². The second-order valence-corrected chi connectivity index (χ2v) is 6.28. The van der Waals surface area contributed by atoms with Gasteiger partial charge in [0.15, 0.2) is 0 Å². The van der Waals surface area contributed by atoms with Crippen LogP contribution in [0.5, 0.6) is 0 Å². The van der Waals surface area contributed by atoms with Crippen LogP contribution in [0.1, 0.15) is 25.7 Å². The molecule has 2 N–H and O–H groups in total. The molecule has 1 saturated heterocycles. The topological polar surface area (TPSA) is 86.7 Å². The van der Waals surface area contributed by atoms with Gasteiger partial charge >= 0.3 is 5.97 Å². The van der Waals surface area contributed by atoms with E-state index in [0.717, 1.165) is 32.1 Å². The summed E-state index contributed by atoms with van der Waals surface area (Å²) in [7, 11) is -3.17. The zero-order chi connectivity index (χ0) is 12.9. The molecular formula is C10H21ClN2O4S. The predicted octanol–water partition coefficient (Wildman–Crippen LogP) is 0.287. The number of halogens is 1. The first kappa shape index (κ1) is 17.6.